The first-order valence-electron chi connectivity index (χ1n) is 9.53. The number of primary amides is 1. The van der Waals surface area contributed by atoms with Crippen LogP contribution in [0.25, 0.3) is 0 Å². The fraction of sp³-hybridized carbons (Fsp3) is 0.944. The fourth-order valence-corrected chi connectivity index (χ4v) is 5.56. The number of hydrogen-bond donors (Lipinski definition) is 2. The number of amides is 1. The summed E-state index contributed by atoms with van der Waals surface area (Å²) in [6.07, 6.45) is 1.72. The molecule has 0 aromatic carbocycles. The van der Waals surface area contributed by atoms with Crippen LogP contribution in [0.5, 0.6) is 0 Å². The normalized spacial score (nSPS) is 38.5. The number of hydrogen-bond acceptors (Lipinski definition) is 4. The quantitative estimate of drug-likeness (QED) is 0.697. The monoisotopic (exact) mass is 378 g/mol. The number of nitrogens with one attached hydrogen (secondary N) is 1. The number of piperidine rings is 1. The smallest absolute Gasteiger partial charge is 0.382 e. The molecule has 26 heavy (non-hydrogen) atoms. The first-order valence-corrected chi connectivity index (χ1v) is 9.53. The lowest BCUT2D eigenvalue weighted by atomic mass is 9.65. The Morgan fingerprint density at radius 3 is 2.46 bits per heavy atom. The average Bonchev–Trinajstić information content (AvgIpc) is 2.97. The molecule has 0 aromatic rings. The van der Waals surface area contributed by atoms with E-state index in [1.165, 1.54) is 13.5 Å². The Balaban J connectivity index is 1.94. The molecule has 0 spiro atoms. The molecule has 2 aliphatic heterocycles. The van der Waals surface area contributed by atoms with Gasteiger partial charge < -0.3 is 20.5 Å². The minimum atomic E-state index is -4.69. The molecule has 150 valence electrons. The molecule has 3 rings (SSSR count). The Morgan fingerprint density at radius 1 is 1.19 bits per heavy atom. The van der Waals surface area contributed by atoms with E-state index < -0.39 is 35.2 Å². The summed E-state index contributed by atoms with van der Waals surface area (Å²) in [6.45, 7) is -0.196. The average molecular weight is 378 g/mol. The summed E-state index contributed by atoms with van der Waals surface area (Å²) < 4.78 is 53.0. The summed E-state index contributed by atoms with van der Waals surface area (Å²) >= 11 is 0. The third-order valence-electron chi connectivity index (χ3n) is 6.75. The number of rotatable bonds is 6. The minimum Gasteiger partial charge on any atom is -0.382 e. The first-order chi connectivity index (χ1) is 12.3. The molecule has 1 saturated carbocycles. The highest BCUT2D eigenvalue weighted by atomic mass is 19.4. The molecule has 3 aliphatic rings. The van der Waals surface area contributed by atoms with Crippen molar-refractivity contribution in [2.45, 2.75) is 74.7 Å². The molecule has 2 saturated heterocycles. The number of carbonyl (C=O) groups excluding carboxylic acids is 1. The number of nitrogens with two attached hydrogens (primary N) is 1. The summed E-state index contributed by atoms with van der Waals surface area (Å²) in [6, 6.07) is -0.951. The van der Waals surface area contributed by atoms with Crippen LogP contribution in [-0.4, -0.2) is 49.6 Å². The van der Waals surface area contributed by atoms with Gasteiger partial charge in [0.25, 0.3) is 0 Å². The lowest BCUT2D eigenvalue weighted by Crippen LogP contribution is -2.73. The third-order valence-corrected chi connectivity index (χ3v) is 6.75. The number of fused-ring (bicyclic) bond motifs is 2. The van der Waals surface area contributed by atoms with Gasteiger partial charge in [0, 0.05) is 18.7 Å². The maximum atomic E-state index is 14.2. The molecule has 4 unspecified atom stereocenters. The van der Waals surface area contributed by atoms with Crippen LogP contribution < -0.4 is 11.1 Å². The summed E-state index contributed by atoms with van der Waals surface area (Å²) in [5.74, 6) is -2.00. The standard InChI is InChI=1S/C18H29F3N2O3/c1-25-9-10-26-17(18(19,20)21)13(15(22)24)11-16(8-7-14(17)23-16)12-5-3-2-4-6-12/h12-14,23H,2-11H2,1H3,(H2,22,24). The maximum absolute atomic E-state index is 14.2. The molecule has 3 fully saturated rings. The van der Waals surface area contributed by atoms with E-state index in [1.807, 2.05) is 0 Å². The predicted molar refractivity (Wildman–Crippen MR) is 89.4 cm³/mol. The van der Waals surface area contributed by atoms with Crippen molar-refractivity contribution in [3.63, 3.8) is 0 Å². The fourth-order valence-electron chi connectivity index (χ4n) is 5.56. The predicted octanol–water partition coefficient (Wildman–Crippen LogP) is 2.53. The van der Waals surface area contributed by atoms with E-state index in [9.17, 15) is 18.0 Å². The van der Waals surface area contributed by atoms with E-state index in [4.69, 9.17) is 15.2 Å². The number of alkyl halides is 3. The summed E-state index contributed by atoms with van der Waals surface area (Å²) in [5, 5.41) is 3.29. The molecule has 8 heteroatoms. The molecular weight excluding hydrogens is 349 g/mol. The van der Waals surface area contributed by atoms with Gasteiger partial charge in [0.2, 0.25) is 5.91 Å². The number of ether oxygens (including phenoxy) is 2. The molecular formula is C18H29F3N2O3. The van der Waals surface area contributed by atoms with Gasteiger partial charge in [-0.1, -0.05) is 19.3 Å². The third kappa shape index (κ3) is 3.14. The molecule has 2 heterocycles. The molecule has 4 atom stereocenters. The van der Waals surface area contributed by atoms with Gasteiger partial charge in [-0.25, -0.2) is 0 Å². The van der Waals surface area contributed by atoms with E-state index >= 15 is 0 Å². The maximum Gasteiger partial charge on any atom is 0.419 e. The molecule has 1 amide bonds. The van der Waals surface area contributed by atoms with Gasteiger partial charge >= 0.3 is 6.18 Å². The molecule has 0 aromatic heterocycles. The van der Waals surface area contributed by atoms with Crippen LogP contribution in [0.1, 0.15) is 51.4 Å². The van der Waals surface area contributed by atoms with Crippen molar-refractivity contribution in [1.82, 2.24) is 5.32 Å². The minimum absolute atomic E-state index is 0.0315. The summed E-state index contributed by atoms with van der Waals surface area (Å²) in [7, 11) is 1.40. The largest absolute Gasteiger partial charge is 0.419 e. The van der Waals surface area contributed by atoms with Gasteiger partial charge in [0.1, 0.15) is 0 Å². The van der Waals surface area contributed by atoms with Crippen LogP contribution in [0.2, 0.25) is 0 Å². The van der Waals surface area contributed by atoms with Crippen LogP contribution >= 0.6 is 0 Å². The van der Waals surface area contributed by atoms with Crippen molar-refractivity contribution in [2.75, 3.05) is 20.3 Å². The molecule has 1 aliphatic carbocycles. The molecule has 5 nitrogen and oxygen atoms in total. The van der Waals surface area contributed by atoms with E-state index in [2.05, 4.69) is 5.32 Å². The highest BCUT2D eigenvalue weighted by Crippen LogP contribution is 2.56. The Hall–Kier alpha value is -0.860. The van der Waals surface area contributed by atoms with E-state index in [-0.39, 0.29) is 19.6 Å². The second-order valence-electron chi connectivity index (χ2n) is 8.02. The van der Waals surface area contributed by atoms with Crippen molar-refractivity contribution in [2.24, 2.45) is 17.6 Å². The Bertz CT molecular complexity index is 524. The number of methoxy groups -OCH3 is 1. The van der Waals surface area contributed by atoms with Gasteiger partial charge in [-0.2, -0.15) is 13.2 Å². The van der Waals surface area contributed by atoms with Crippen molar-refractivity contribution in [3.05, 3.63) is 0 Å². The topological polar surface area (TPSA) is 73.6 Å². The van der Waals surface area contributed by atoms with E-state index in [0.29, 0.717) is 18.8 Å². The van der Waals surface area contributed by atoms with Crippen LogP contribution in [0.4, 0.5) is 13.2 Å². The lowest BCUT2D eigenvalue weighted by molar-refractivity contribution is -0.313. The highest BCUT2D eigenvalue weighted by Gasteiger charge is 2.72. The van der Waals surface area contributed by atoms with Gasteiger partial charge in [-0.05, 0) is 38.0 Å². The summed E-state index contributed by atoms with van der Waals surface area (Å²) in [4.78, 5) is 12.2. The highest BCUT2D eigenvalue weighted by molar-refractivity contribution is 5.79. The second-order valence-corrected chi connectivity index (χ2v) is 8.02. The van der Waals surface area contributed by atoms with E-state index in [1.54, 1.807) is 0 Å². The van der Waals surface area contributed by atoms with Crippen LogP contribution in [-0.2, 0) is 14.3 Å². The zero-order valence-corrected chi connectivity index (χ0v) is 15.2. The van der Waals surface area contributed by atoms with Gasteiger partial charge in [-0.15, -0.1) is 0 Å². The zero-order valence-electron chi connectivity index (χ0n) is 15.2. The first kappa shape index (κ1) is 19.9. The molecule has 3 N–H and O–H groups in total. The Labute approximate surface area is 152 Å². The van der Waals surface area contributed by atoms with Gasteiger partial charge in [0.15, 0.2) is 5.60 Å². The molecule has 2 bridgehead atoms. The lowest BCUT2D eigenvalue weighted by Gasteiger charge is -2.53. The van der Waals surface area contributed by atoms with Crippen LogP contribution in [0.15, 0.2) is 0 Å². The number of halogens is 3. The summed E-state index contributed by atoms with van der Waals surface area (Å²) in [5.41, 5.74) is 2.50. The van der Waals surface area contributed by atoms with Crippen molar-refractivity contribution in [1.29, 1.82) is 0 Å². The van der Waals surface area contributed by atoms with Crippen LogP contribution in [0, 0.1) is 11.8 Å². The number of carbonyl (C=O) groups is 1. The van der Waals surface area contributed by atoms with Gasteiger partial charge in [-0.3, -0.25) is 4.79 Å². The van der Waals surface area contributed by atoms with Crippen molar-refractivity contribution in [3.8, 4) is 0 Å². The van der Waals surface area contributed by atoms with Crippen molar-refractivity contribution >= 4 is 5.91 Å². The van der Waals surface area contributed by atoms with Crippen molar-refractivity contribution < 1.29 is 27.4 Å². The second kappa shape index (κ2) is 7.28. The molecule has 0 radical (unpaired) electrons. The van der Waals surface area contributed by atoms with Gasteiger partial charge in [0.05, 0.1) is 19.1 Å². The SMILES string of the molecule is COCCOC1(C(F)(F)F)C2CCC(C3CCCCC3)(CC1C(N)=O)N2. The Kier molecular flexibility index (Phi) is 5.57. The Morgan fingerprint density at radius 2 is 1.88 bits per heavy atom. The zero-order chi connectivity index (χ0) is 19.0. The van der Waals surface area contributed by atoms with Crippen LogP contribution in [0.3, 0.4) is 0 Å². The van der Waals surface area contributed by atoms with E-state index in [0.717, 1.165) is 25.7 Å².